The number of nitrogens with one attached hydrogen (secondary N) is 1. The van der Waals surface area contributed by atoms with Crippen LogP contribution in [0.1, 0.15) is 13.8 Å². The second-order valence-corrected chi connectivity index (χ2v) is 7.35. The minimum atomic E-state index is 0.918. The van der Waals surface area contributed by atoms with Crippen molar-refractivity contribution in [2.45, 2.75) is 18.7 Å². The zero-order valence-electron chi connectivity index (χ0n) is 14.8. The first-order valence-electron chi connectivity index (χ1n) is 8.45. The van der Waals surface area contributed by atoms with Gasteiger partial charge in [0.15, 0.2) is 5.13 Å². The van der Waals surface area contributed by atoms with Crippen molar-refractivity contribution in [1.82, 2.24) is 4.98 Å². The van der Waals surface area contributed by atoms with E-state index in [0.717, 1.165) is 35.2 Å². The third-order valence-electron chi connectivity index (χ3n) is 4.12. The topological polar surface area (TPSA) is 28.2 Å². The average molecular weight is 370 g/mol. The average Bonchev–Trinajstić information content (AvgIpc) is 3.12. The molecule has 3 aromatic rings. The fourth-order valence-electron chi connectivity index (χ4n) is 2.72. The summed E-state index contributed by atoms with van der Waals surface area (Å²) < 4.78 is 0. The molecule has 130 valence electrons. The molecule has 5 heteroatoms. The molecule has 0 aliphatic carbocycles. The summed E-state index contributed by atoms with van der Waals surface area (Å²) in [6.45, 7) is 6.41. The molecule has 0 spiro atoms. The molecule has 1 N–H and O–H groups in total. The Bertz CT molecular complexity index is 808. The van der Waals surface area contributed by atoms with Crippen LogP contribution in [0.25, 0.3) is 11.3 Å². The van der Waals surface area contributed by atoms with E-state index in [2.05, 4.69) is 84.2 Å². The minimum absolute atomic E-state index is 0.918. The zero-order valence-corrected chi connectivity index (χ0v) is 16.5. The SMILES string of the molecule is CCN(CC)c1ccc(-c2csc(Nc3cccc(SC)c3)n2)cc1. The van der Waals surface area contributed by atoms with E-state index in [9.17, 15) is 0 Å². The molecule has 25 heavy (non-hydrogen) atoms. The number of benzene rings is 2. The van der Waals surface area contributed by atoms with Crippen LogP contribution in [-0.4, -0.2) is 24.3 Å². The maximum Gasteiger partial charge on any atom is 0.187 e. The smallest absolute Gasteiger partial charge is 0.187 e. The summed E-state index contributed by atoms with van der Waals surface area (Å²) in [5.41, 5.74) is 4.50. The Labute approximate surface area is 158 Å². The highest BCUT2D eigenvalue weighted by molar-refractivity contribution is 7.98. The first kappa shape index (κ1) is 17.8. The molecule has 0 saturated heterocycles. The molecule has 0 amide bonds. The fourth-order valence-corrected chi connectivity index (χ4v) is 3.92. The Balaban J connectivity index is 1.74. The molecule has 0 aliphatic rings. The van der Waals surface area contributed by atoms with Crippen LogP contribution in [0.5, 0.6) is 0 Å². The highest BCUT2D eigenvalue weighted by Crippen LogP contribution is 2.29. The highest BCUT2D eigenvalue weighted by atomic mass is 32.2. The molecule has 2 aromatic carbocycles. The third kappa shape index (κ3) is 4.35. The Kier molecular flexibility index (Phi) is 6.00. The molecular formula is C20H23N3S2. The van der Waals surface area contributed by atoms with E-state index in [-0.39, 0.29) is 0 Å². The van der Waals surface area contributed by atoms with Gasteiger partial charge < -0.3 is 10.2 Å². The standard InChI is InChI=1S/C20H23N3S2/c1-4-23(5-2)17-11-9-15(10-12-17)19-14-25-20(22-19)21-16-7-6-8-18(13-16)24-3/h6-14H,4-5H2,1-3H3,(H,21,22). The van der Waals surface area contributed by atoms with Crippen LogP contribution in [0.3, 0.4) is 0 Å². The highest BCUT2D eigenvalue weighted by Gasteiger charge is 2.07. The first-order chi connectivity index (χ1) is 12.2. The van der Waals surface area contributed by atoms with Gasteiger partial charge >= 0.3 is 0 Å². The summed E-state index contributed by atoms with van der Waals surface area (Å²) in [7, 11) is 0. The monoisotopic (exact) mass is 369 g/mol. The molecule has 3 nitrogen and oxygen atoms in total. The molecule has 0 atom stereocenters. The van der Waals surface area contributed by atoms with Crippen LogP contribution in [0.15, 0.2) is 58.8 Å². The number of aromatic nitrogens is 1. The predicted molar refractivity (Wildman–Crippen MR) is 113 cm³/mol. The molecule has 1 aromatic heterocycles. The number of anilines is 3. The van der Waals surface area contributed by atoms with E-state index in [1.807, 2.05) is 0 Å². The second-order valence-electron chi connectivity index (χ2n) is 5.61. The molecular weight excluding hydrogens is 346 g/mol. The fraction of sp³-hybridized carbons (Fsp3) is 0.250. The number of thioether (sulfide) groups is 1. The van der Waals surface area contributed by atoms with Gasteiger partial charge in [0.2, 0.25) is 0 Å². The van der Waals surface area contributed by atoms with Crippen LogP contribution < -0.4 is 10.2 Å². The molecule has 0 unspecified atom stereocenters. The third-order valence-corrected chi connectivity index (χ3v) is 5.60. The lowest BCUT2D eigenvalue weighted by molar-refractivity contribution is 0.866. The Hall–Kier alpha value is -1.98. The van der Waals surface area contributed by atoms with Crippen molar-refractivity contribution < 1.29 is 0 Å². The number of hydrogen-bond donors (Lipinski definition) is 1. The van der Waals surface area contributed by atoms with Crippen LogP contribution >= 0.6 is 23.1 Å². The van der Waals surface area contributed by atoms with Gasteiger partial charge in [-0.2, -0.15) is 0 Å². The van der Waals surface area contributed by atoms with Crippen molar-refractivity contribution in [3.8, 4) is 11.3 Å². The van der Waals surface area contributed by atoms with Gasteiger partial charge in [-0.3, -0.25) is 0 Å². The van der Waals surface area contributed by atoms with E-state index >= 15 is 0 Å². The van der Waals surface area contributed by atoms with E-state index in [1.165, 1.54) is 10.6 Å². The van der Waals surface area contributed by atoms with Crippen LogP contribution in [0, 0.1) is 0 Å². The zero-order chi connectivity index (χ0) is 17.6. The quantitative estimate of drug-likeness (QED) is 0.508. The summed E-state index contributed by atoms with van der Waals surface area (Å²) in [5.74, 6) is 0. The Morgan fingerprint density at radius 1 is 1.08 bits per heavy atom. The molecule has 3 rings (SSSR count). The van der Waals surface area contributed by atoms with Crippen molar-refractivity contribution >= 4 is 39.6 Å². The van der Waals surface area contributed by atoms with Crippen molar-refractivity contribution in [1.29, 1.82) is 0 Å². The van der Waals surface area contributed by atoms with E-state index in [1.54, 1.807) is 23.1 Å². The molecule has 1 heterocycles. The summed E-state index contributed by atoms with van der Waals surface area (Å²) in [5, 5.41) is 6.42. The predicted octanol–water partition coefficient (Wildman–Crippen LogP) is 6.12. The van der Waals surface area contributed by atoms with Gasteiger partial charge in [-0.05, 0) is 50.4 Å². The van der Waals surface area contributed by atoms with Gasteiger partial charge in [-0.1, -0.05) is 18.2 Å². The summed E-state index contributed by atoms with van der Waals surface area (Å²) >= 11 is 3.37. The van der Waals surface area contributed by atoms with Gasteiger partial charge in [0.1, 0.15) is 0 Å². The van der Waals surface area contributed by atoms with Crippen LogP contribution in [0.2, 0.25) is 0 Å². The molecule has 0 radical (unpaired) electrons. The summed E-state index contributed by atoms with van der Waals surface area (Å²) in [4.78, 5) is 8.32. The van der Waals surface area contributed by atoms with Crippen molar-refractivity contribution in [3.63, 3.8) is 0 Å². The number of thiazole rings is 1. The number of hydrogen-bond acceptors (Lipinski definition) is 5. The van der Waals surface area contributed by atoms with E-state index in [4.69, 9.17) is 4.98 Å². The lowest BCUT2D eigenvalue weighted by Crippen LogP contribution is -2.21. The Morgan fingerprint density at radius 2 is 1.84 bits per heavy atom. The van der Waals surface area contributed by atoms with Crippen molar-refractivity contribution in [2.75, 3.05) is 29.6 Å². The van der Waals surface area contributed by atoms with Gasteiger partial charge in [0.05, 0.1) is 5.69 Å². The number of rotatable bonds is 7. The normalized spacial score (nSPS) is 10.7. The van der Waals surface area contributed by atoms with Crippen LogP contribution in [-0.2, 0) is 0 Å². The maximum atomic E-state index is 4.73. The van der Waals surface area contributed by atoms with E-state index in [0.29, 0.717) is 0 Å². The van der Waals surface area contributed by atoms with Gasteiger partial charge in [0.25, 0.3) is 0 Å². The minimum Gasteiger partial charge on any atom is -0.372 e. The van der Waals surface area contributed by atoms with E-state index < -0.39 is 0 Å². The first-order valence-corrected chi connectivity index (χ1v) is 10.6. The van der Waals surface area contributed by atoms with Gasteiger partial charge in [0, 0.05) is 40.3 Å². The van der Waals surface area contributed by atoms with Gasteiger partial charge in [-0.25, -0.2) is 4.98 Å². The number of nitrogens with zero attached hydrogens (tertiary/aromatic N) is 2. The van der Waals surface area contributed by atoms with Crippen molar-refractivity contribution in [2.24, 2.45) is 0 Å². The summed E-state index contributed by atoms with van der Waals surface area (Å²) in [6, 6.07) is 17.1. The molecule has 0 saturated carbocycles. The second kappa shape index (κ2) is 8.41. The Morgan fingerprint density at radius 3 is 2.52 bits per heavy atom. The summed E-state index contributed by atoms with van der Waals surface area (Å²) in [6.07, 6.45) is 2.09. The molecule has 0 fully saturated rings. The largest absolute Gasteiger partial charge is 0.372 e. The van der Waals surface area contributed by atoms with Crippen molar-refractivity contribution in [3.05, 3.63) is 53.9 Å². The lowest BCUT2D eigenvalue weighted by atomic mass is 10.1. The van der Waals surface area contributed by atoms with Gasteiger partial charge in [-0.15, -0.1) is 23.1 Å². The lowest BCUT2D eigenvalue weighted by Gasteiger charge is -2.20. The van der Waals surface area contributed by atoms with Crippen LogP contribution in [0.4, 0.5) is 16.5 Å². The maximum absolute atomic E-state index is 4.73. The molecule has 0 bridgehead atoms. The molecule has 0 aliphatic heterocycles.